The monoisotopic (exact) mass is 491 g/mol. The summed E-state index contributed by atoms with van der Waals surface area (Å²) in [5.74, 6) is 0.295. The number of methoxy groups -OCH3 is 1. The van der Waals surface area contributed by atoms with Gasteiger partial charge >= 0.3 is 0 Å². The molecule has 1 aliphatic heterocycles. The van der Waals surface area contributed by atoms with E-state index in [-0.39, 0.29) is 41.6 Å². The summed E-state index contributed by atoms with van der Waals surface area (Å²) in [5, 5.41) is 3.12. The van der Waals surface area contributed by atoms with Crippen LogP contribution in [0.2, 0.25) is 5.02 Å². The van der Waals surface area contributed by atoms with Crippen molar-refractivity contribution in [3.8, 4) is 5.75 Å². The Bertz CT molecular complexity index is 1200. The normalized spacial score (nSPS) is 17.5. The zero-order chi connectivity index (χ0) is 23.8. The molecule has 0 bridgehead atoms. The molecule has 1 heterocycles. The molecule has 2 aromatic carbocycles. The average Bonchev–Trinajstić information content (AvgIpc) is 3.55. The molecular formula is C23H26ClN3O5S. The lowest BCUT2D eigenvalue weighted by molar-refractivity contribution is -0.120. The lowest BCUT2D eigenvalue weighted by Crippen LogP contribution is -2.36. The standard InChI is InChI=1S/C23H26ClN3O5S/c1-14-11-16-12-18(6-7-20(16)27(14)23(29)15-3-4-15)33(30,31)25-10-9-22(28)26-19-13-17(24)5-8-21(19)32-2/h5-8,12-15,25H,3-4,9-11H2,1-2H3,(H,26,28). The number of sulfonamides is 1. The number of rotatable bonds is 8. The van der Waals surface area contributed by atoms with E-state index in [0.29, 0.717) is 22.9 Å². The molecule has 1 atom stereocenters. The molecule has 10 heteroatoms. The van der Waals surface area contributed by atoms with E-state index in [1.54, 1.807) is 35.2 Å². The summed E-state index contributed by atoms with van der Waals surface area (Å²) in [7, 11) is -2.33. The smallest absolute Gasteiger partial charge is 0.240 e. The van der Waals surface area contributed by atoms with E-state index in [2.05, 4.69) is 10.0 Å². The van der Waals surface area contributed by atoms with E-state index in [9.17, 15) is 18.0 Å². The predicted octanol–water partition coefficient (Wildman–Crippen LogP) is 3.34. The third kappa shape index (κ3) is 5.15. The largest absolute Gasteiger partial charge is 0.495 e. The first-order valence-corrected chi connectivity index (χ1v) is 12.6. The number of hydrogen-bond acceptors (Lipinski definition) is 5. The Hall–Kier alpha value is -2.62. The maximum atomic E-state index is 12.8. The van der Waals surface area contributed by atoms with Crippen LogP contribution in [0.5, 0.6) is 5.75 Å². The molecule has 1 fully saturated rings. The molecule has 1 unspecified atom stereocenters. The number of anilines is 2. The van der Waals surface area contributed by atoms with E-state index < -0.39 is 10.0 Å². The minimum absolute atomic E-state index is 0.00573. The van der Waals surface area contributed by atoms with Crippen molar-refractivity contribution in [1.82, 2.24) is 4.72 Å². The molecule has 0 aromatic heterocycles. The molecule has 176 valence electrons. The summed E-state index contributed by atoms with van der Waals surface area (Å²) in [6.07, 6.45) is 2.39. The van der Waals surface area contributed by atoms with Crippen LogP contribution in [0.25, 0.3) is 0 Å². The van der Waals surface area contributed by atoms with Crippen LogP contribution < -0.4 is 19.7 Å². The average molecular weight is 492 g/mol. The Kier molecular flexibility index (Phi) is 6.65. The Morgan fingerprint density at radius 1 is 1.18 bits per heavy atom. The second-order valence-corrected chi connectivity index (χ2v) is 10.6. The third-order valence-corrected chi connectivity index (χ3v) is 7.51. The first-order chi connectivity index (χ1) is 15.7. The molecule has 1 aliphatic carbocycles. The maximum Gasteiger partial charge on any atom is 0.240 e. The van der Waals surface area contributed by atoms with Crippen molar-refractivity contribution in [1.29, 1.82) is 0 Å². The molecule has 0 spiro atoms. The number of carbonyl (C=O) groups is 2. The second kappa shape index (κ2) is 9.32. The molecule has 2 amide bonds. The van der Waals surface area contributed by atoms with E-state index in [4.69, 9.17) is 16.3 Å². The number of fused-ring (bicyclic) bond motifs is 1. The molecule has 2 aromatic rings. The van der Waals surface area contributed by atoms with Crippen LogP contribution in [0.15, 0.2) is 41.3 Å². The Balaban J connectivity index is 1.38. The van der Waals surface area contributed by atoms with Gasteiger partial charge in [-0.15, -0.1) is 0 Å². The molecule has 0 radical (unpaired) electrons. The number of halogens is 1. The molecule has 0 saturated heterocycles. The van der Waals surface area contributed by atoms with Gasteiger partial charge in [-0.1, -0.05) is 11.6 Å². The van der Waals surface area contributed by atoms with Gasteiger partial charge in [-0.2, -0.15) is 0 Å². The highest BCUT2D eigenvalue weighted by Gasteiger charge is 2.39. The van der Waals surface area contributed by atoms with Crippen LogP contribution in [0.1, 0.15) is 31.7 Å². The van der Waals surface area contributed by atoms with Crippen molar-refractivity contribution < 1.29 is 22.7 Å². The predicted molar refractivity (Wildman–Crippen MR) is 126 cm³/mol. The summed E-state index contributed by atoms with van der Waals surface area (Å²) < 4.78 is 33.2. The molecule has 2 N–H and O–H groups in total. The van der Waals surface area contributed by atoms with Gasteiger partial charge in [0.25, 0.3) is 0 Å². The fraction of sp³-hybridized carbons (Fsp3) is 0.391. The van der Waals surface area contributed by atoms with Gasteiger partial charge in [-0.25, -0.2) is 13.1 Å². The number of benzene rings is 2. The summed E-state index contributed by atoms with van der Waals surface area (Å²) in [6, 6.07) is 9.66. The number of nitrogens with one attached hydrogen (secondary N) is 2. The number of hydrogen-bond donors (Lipinski definition) is 2. The van der Waals surface area contributed by atoms with Crippen molar-refractivity contribution >= 4 is 44.8 Å². The Morgan fingerprint density at radius 2 is 1.94 bits per heavy atom. The van der Waals surface area contributed by atoms with Crippen LogP contribution in [0.3, 0.4) is 0 Å². The molecule has 4 rings (SSSR count). The van der Waals surface area contributed by atoms with E-state index in [0.717, 1.165) is 24.1 Å². The quantitative estimate of drug-likeness (QED) is 0.589. The summed E-state index contributed by atoms with van der Waals surface area (Å²) >= 11 is 5.96. The first-order valence-electron chi connectivity index (χ1n) is 10.8. The van der Waals surface area contributed by atoms with Gasteiger partial charge in [0.1, 0.15) is 5.75 Å². The Labute approximate surface area is 198 Å². The van der Waals surface area contributed by atoms with Crippen LogP contribution in [-0.4, -0.2) is 39.9 Å². The number of carbonyl (C=O) groups excluding carboxylic acids is 2. The fourth-order valence-electron chi connectivity index (χ4n) is 4.01. The van der Waals surface area contributed by atoms with Gasteiger partial charge in [0, 0.05) is 35.6 Å². The molecule has 1 saturated carbocycles. The lowest BCUT2D eigenvalue weighted by Gasteiger charge is -2.22. The number of nitrogens with zero attached hydrogens (tertiary/aromatic N) is 1. The van der Waals surface area contributed by atoms with Gasteiger partial charge in [0.05, 0.1) is 17.7 Å². The highest BCUT2D eigenvalue weighted by atomic mass is 35.5. The molecule has 8 nitrogen and oxygen atoms in total. The summed E-state index contributed by atoms with van der Waals surface area (Å²) in [6.45, 7) is 1.90. The highest BCUT2D eigenvalue weighted by molar-refractivity contribution is 7.89. The van der Waals surface area contributed by atoms with Gasteiger partial charge in [0.2, 0.25) is 21.8 Å². The molecule has 2 aliphatic rings. The summed E-state index contributed by atoms with van der Waals surface area (Å²) in [5.41, 5.74) is 2.04. The number of amides is 2. The van der Waals surface area contributed by atoms with Gasteiger partial charge in [-0.05, 0) is 68.1 Å². The molecular weight excluding hydrogens is 466 g/mol. The van der Waals surface area contributed by atoms with Gasteiger partial charge in [0.15, 0.2) is 0 Å². The Morgan fingerprint density at radius 3 is 2.64 bits per heavy atom. The van der Waals surface area contributed by atoms with Crippen molar-refractivity contribution in [3.05, 3.63) is 47.0 Å². The van der Waals surface area contributed by atoms with E-state index >= 15 is 0 Å². The van der Waals surface area contributed by atoms with Crippen molar-refractivity contribution in [2.45, 2.75) is 43.5 Å². The van der Waals surface area contributed by atoms with Crippen molar-refractivity contribution in [2.75, 3.05) is 23.9 Å². The minimum Gasteiger partial charge on any atom is -0.495 e. The zero-order valence-corrected chi connectivity index (χ0v) is 20.0. The third-order valence-electron chi connectivity index (χ3n) is 5.82. The van der Waals surface area contributed by atoms with Gasteiger partial charge < -0.3 is 15.0 Å². The van der Waals surface area contributed by atoms with E-state index in [1.807, 2.05) is 6.92 Å². The van der Waals surface area contributed by atoms with Crippen LogP contribution in [0, 0.1) is 5.92 Å². The van der Waals surface area contributed by atoms with Crippen molar-refractivity contribution in [2.24, 2.45) is 5.92 Å². The summed E-state index contributed by atoms with van der Waals surface area (Å²) in [4.78, 5) is 26.8. The first kappa shape index (κ1) is 23.5. The van der Waals surface area contributed by atoms with Crippen LogP contribution in [0.4, 0.5) is 11.4 Å². The zero-order valence-electron chi connectivity index (χ0n) is 18.4. The maximum absolute atomic E-state index is 12.8. The highest BCUT2D eigenvalue weighted by Crippen LogP contribution is 2.39. The topological polar surface area (TPSA) is 105 Å². The minimum atomic E-state index is -3.81. The van der Waals surface area contributed by atoms with Crippen LogP contribution in [-0.2, 0) is 26.0 Å². The molecule has 33 heavy (non-hydrogen) atoms. The van der Waals surface area contributed by atoms with Crippen molar-refractivity contribution in [3.63, 3.8) is 0 Å². The van der Waals surface area contributed by atoms with Gasteiger partial charge in [-0.3, -0.25) is 9.59 Å². The van der Waals surface area contributed by atoms with Crippen LogP contribution >= 0.6 is 11.6 Å². The second-order valence-electron chi connectivity index (χ2n) is 8.37. The lowest BCUT2D eigenvalue weighted by atomic mass is 10.1. The fourth-order valence-corrected chi connectivity index (χ4v) is 5.26. The van der Waals surface area contributed by atoms with E-state index in [1.165, 1.54) is 13.2 Å². The SMILES string of the molecule is COc1ccc(Cl)cc1NC(=O)CCNS(=O)(=O)c1ccc2c(c1)CC(C)N2C(=O)C1CC1. The number of ether oxygens (including phenoxy) is 1.